The van der Waals surface area contributed by atoms with Crippen molar-refractivity contribution in [2.24, 2.45) is 0 Å². The SMILES string of the molecule is O=C(c1cccs1)N(CCCC(=O)N1CCc2cc(CS(=O)O)ccc21)c1nc(-c2cc3ccccc3o2)cs1. The summed E-state index contributed by atoms with van der Waals surface area (Å²) in [6.07, 6.45) is 1.46. The Balaban J connectivity index is 1.16. The highest BCUT2D eigenvalue weighted by molar-refractivity contribution is 7.78. The van der Waals surface area contributed by atoms with Crippen LogP contribution in [0.2, 0.25) is 0 Å². The number of furan rings is 1. The van der Waals surface area contributed by atoms with Gasteiger partial charge in [0.25, 0.3) is 5.91 Å². The van der Waals surface area contributed by atoms with Gasteiger partial charge in [-0.25, -0.2) is 9.19 Å². The highest BCUT2D eigenvalue weighted by Crippen LogP contribution is 2.33. The van der Waals surface area contributed by atoms with E-state index in [9.17, 15) is 18.4 Å². The summed E-state index contributed by atoms with van der Waals surface area (Å²) in [5.41, 5.74) is 4.07. The van der Waals surface area contributed by atoms with E-state index in [-0.39, 0.29) is 24.0 Å². The lowest BCUT2D eigenvalue weighted by Gasteiger charge is -2.21. The lowest BCUT2D eigenvalue weighted by atomic mass is 10.1. The summed E-state index contributed by atoms with van der Waals surface area (Å²) in [6, 6.07) is 18.9. The first-order valence-corrected chi connectivity index (χ1v) is 15.8. The number of benzene rings is 2. The smallest absolute Gasteiger partial charge is 0.270 e. The lowest BCUT2D eigenvalue weighted by Crippen LogP contribution is -2.33. The second-order valence-electron chi connectivity index (χ2n) is 9.43. The Bertz CT molecular complexity index is 1680. The minimum atomic E-state index is -1.91. The van der Waals surface area contributed by atoms with Gasteiger partial charge in [0.2, 0.25) is 5.91 Å². The number of rotatable bonds is 9. The Kier molecular flexibility index (Phi) is 7.61. The maximum Gasteiger partial charge on any atom is 0.270 e. The molecule has 6 rings (SSSR count). The molecule has 8 nitrogen and oxygen atoms in total. The van der Waals surface area contributed by atoms with Crippen LogP contribution in [0.4, 0.5) is 10.8 Å². The maximum absolute atomic E-state index is 13.4. The summed E-state index contributed by atoms with van der Waals surface area (Å²) in [4.78, 5) is 35.4. The number of hydrogen-bond donors (Lipinski definition) is 1. The fourth-order valence-electron chi connectivity index (χ4n) is 4.90. The molecule has 11 heteroatoms. The van der Waals surface area contributed by atoms with Crippen molar-refractivity contribution in [2.45, 2.75) is 25.0 Å². The first kappa shape index (κ1) is 26.6. The number of fused-ring (bicyclic) bond motifs is 2. The van der Waals surface area contributed by atoms with Gasteiger partial charge in [-0.05, 0) is 53.6 Å². The molecule has 1 atom stereocenters. The van der Waals surface area contributed by atoms with Crippen LogP contribution in [0.5, 0.6) is 0 Å². The van der Waals surface area contributed by atoms with E-state index in [1.165, 1.54) is 22.7 Å². The molecule has 40 heavy (non-hydrogen) atoms. The van der Waals surface area contributed by atoms with Crippen LogP contribution in [0.1, 0.15) is 33.6 Å². The topological polar surface area (TPSA) is 104 Å². The van der Waals surface area contributed by atoms with Gasteiger partial charge in [-0.15, -0.1) is 22.7 Å². The molecular weight excluding hydrogens is 567 g/mol. The molecule has 0 aliphatic carbocycles. The molecule has 4 heterocycles. The van der Waals surface area contributed by atoms with Crippen molar-refractivity contribution in [2.75, 3.05) is 22.9 Å². The fraction of sp³-hybridized carbons (Fsp3) is 0.207. The average molecular weight is 592 g/mol. The van der Waals surface area contributed by atoms with Crippen LogP contribution in [-0.2, 0) is 28.0 Å². The lowest BCUT2D eigenvalue weighted by molar-refractivity contribution is -0.118. The first-order chi connectivity index (χ1) is 19.5. The van der Waals surface area contributed by atoms with E-state index in [4.69, 9.17) is 9.40 Å². The van der Waals surface area contributed by atoms with Gasteiger partial charge in [-0.2, -0.15) is 0 Å². The van der Waals surface area contributed by atoms with Crippen molar-refractivity contribution in [1.29, 1.82) is 0 Å². The van der Waals surface area contributed by atoms with E-state index in [0.29, 0.717) is 47.4 Å². The number of anilines is 2. The summed E-state index contributed by atoms with van der Waals surface area (Å²) in [5, 5.41) is 5.29. The molecule has 5 aromatic rings. The third kappa shape index (κ3) is 5.50. The normalized spacial score (nSPS) is 13.5. The Morgan fingerprint density at radius 3 is 2.77 bits per heavy atom. The van der Waals surface area contributed by atoms with Crippen molar-refractivity contribution in [1.82, 2.24) is 4.98 Å². The largest absolute Gasteiger partial charge is 0.454 e. The van der Waals surface area contributed by atoms with Crippen LogP contribution in [0.25, 0.3) is 22.4 Å². The van der Waals surface area contributed by atoms with E-state index in [2.05, 4.69) is 0 Å². The van der Waals surface area contributed by atoms with Crippen molar-refractivity contribution in [3.63, 3.8) is 0 Å². The third-order valence-electron chi connectivity index (χ3n) is 6.78. The molecule has 1 aliphatic rings. The number of hydrogen-bond acceptors (Lipinski definition) is 7. The Labute approximate surface area is 241 Å². The van der Waals surface area contributed by atoms with Gasteiger partial charge in [-0.1, -0.05) is 36.4 Å². The minimum Gasteiger partial charge on any atom is -0.454 e. The van der Waals surface area contributed by atoms with Crippen molar-refractivity contribution in [3.8, 4) is 11.5 Å². The van der Waals surface area contributed by atoms with Gasteiger partial charge >= 0.3 is 0 Å². The number of carbonyl (C=O) groups is 2. The molecular formula is C29H25N3O5S3. The highest BCUT2D eigenvalue weighted by atomic mass is 32.2. The summed E-state index contributed by atoms with van der Waals surface area (Å²) in [6.45, 7) is 0.919. The van der Waals surface area contributed by atoms with E-state index in [1.54, 1.807) is 21.9 Å². The number of aromatic nitrogens is 1. The number of para-hydroxylation sites is 1. The van der Waals surface area contributed by atoms with Crippen LogP contribution in [0.15, 0.2) is 75.8 Å². The molecule has 1 unspecified atom stereocenters. The van der Waals surface area contributed by atoms with Gasteiger partial charge in [-0.3, -0.25) is 14.5 Å². The van der Waals surface area contributed by atoms with Crippen LogP contribution in [0.3, 0.4) is 0 Å². The molecule has 0 saturated heterocycles. The zero-order chi connectivity index (χ0) is 27.6. The summed E-state index contributed by atoms with van der Waals surface area (Å²) < 4.78 is 26.3. The van der Waals surface area contributed by atoms with Crippen LogP contribution in [-0.4, -0.2) is 38.6 Å². The second-order valence-corrected chi connectivity index (χ2v) is 12.1. The molecule has 1 N–H and O–H groups in total. The standard InChI is InChI=1S/C29H25N3O5S3/c33-27(31-13-11-20-15-19(18-40(35)36)9-10-23(20)31)8-3-12-32(28(34)26-7-4-14-38-26)29-30-22(17-39-29)25-16-21-5-1-2-6-24(21)37-25/h1-2,4-7,9-10,14-17H,3,8,11-13,18H2,(H,35,36). The van der Waals surface area contributed by atoms with E-state index in [1.807, 2.05) is 59.3 Å². The van der Waals surface area contributed by atoms with E-state index >= 15 is 0 Å². The van der Waals surface area contributed by atoms with Crippen molar-refractivity contribution in [3.05, 3.63) is 87.4 Å². The van der Waals surface area contributed by atoms with Crippen molar-refractivity contribution < 1.29 is 22.8 Å². The molecule has 2 amide bonds. The van der Waals surface area contributed by atoms with Crippen LogP contribution in [0, 0.1) is 0 Å². The average Bonchev–Trinajstić information content (AvgIpc) is 3.76. The Hall–Kier alpha value is -3.64. The molecule has 0 radical (unpaired) electrons. The third-order valence-corrected chi connectivity index (χ3v) is 9.08. The molecule has 2 aromatic carbocycles. The minimum absolute atomic E-state index is 0.0112. The van der Waals surface area contributed by atoms with E-state index in [0.717, 1.165) is 27.8 Å². The number of thiazole rings is 1. The quantitative estimate of drug-likeness (QED) is 0.200. The summed E-state index contributed by atoms with van der Waals surface area (Å²) in [7, 11) is 0. The molecule has 3 aromatic heterocycles. The van der Waals surface area contributed by atoms with Gasteiger partial charge in [0, 0.05) is 36.0 Å². The Morgan fingerprint density at radius 2 is 1.98 bits per heavy atom. The second kappa shape index (κ2) is 11.5. The van der Waals surface area contributed by atoms with Gasteiger partial charge in [0.15, 0.2) is 22.0 Å². The highest BCUT2D eigenvalue weighted by Gasteiger charge is 2.26. The molecule has 0 fully saturated rings. The van der Waals surface area contributed by atoms with Gasteiger partial charge in [0.1, 0.15) is 11.3 Å². The fourth-order valence-corrected chi connectivity index (χ4v) is 6.87. The number of thiophene rings is 1. The summed E-state index contributed by atoms with van der Waals surface area (Å²) in [5.74, 6) is 0.559. The number of nitrogens with zero attached hydrogens (tertiary/aromatic N) is 3. The zero-order valence-electron chi connectivity index (χ0n) is 21.3. The molecule has 204 valence electrons. The first-order valence-electron chi connectivity index (χ1n) is 12.8. The molecule has 0 bridgehead atoms. The predicted molar refractivity (Wildman–Crippen MR) is 160 cm³/mol. The summed E-state index contributed by atoms with van der Waals surface area (Å²) >= 11 is 0.841. The van der Waals surface area contributed by atoms with Crippen LogP contribution >= 0.6 is 22.7 Å². The van der Waals surface area contributed by atoms with Crippen LogP contribution < -0.4 is 9.80 Å². The molecule has 0 spiro atoms. The zero-order valence-corrected chi connectivity index (χ0v) is 23.8. The molecule has 0 saturated carbocycles. The number of amides is 2. The van der Waals surface area contributed by atoms with Gasteiger partial charge < -0.3 is 13.9 Å². The van der Waals surface area contributed by atoms with E-state index < -0.39 is 11.1 Å². The number of carbonyl (C=O) groups excluding carboxylic acids is 2. The Morgan fingerprint density at radius 1 is 1.10 bits per heavy atom. The molecule has 1 aliphatic heterocycles. The predicted octanol–water partition coefficient (Wildman–Crippen LogP) is 6.36. The maximum atomic E-state index is 13.4. The van der Waals surface area contributed by atoms with Gasteiger partial charge in [0.05, 0.1) is 10.6 Å². The van der Waals surface area contributed by atoms with Crippen molar-refractivity contribution >= 4 is 67.4 Å². The monoisotopic (exact) mass is 591 g/mol.